The third-order valence-corrected chi connectivity index (χ3v) is 5.16. The van der Waals surface area contributed by atoms with E-state index in [-0.39, 0.29) is 5.54 Å². The average molecular weight is 265 g/mol. The summed E-state index contributed by atoms with van der Waals surface area (Å²) >= 11 is 1.67. The van der Waals surface area contributed by atoms with E-state index in [2.05, 4.69) is 25.7 Å². The van der Waals surface area contributed by atoms with Gasteiger partial charge in [-0.05, 0) is 51.8 Å². The average Bonchev–Trinajstić information content (AvgIpc) is 3.03. The fourth-order valence-corrected chi connectivity index (χ4v) is 3.82. The standard InChI is InChI=1S/C15H23NOS/c1-4-15(5-2,16-8-6-7-9-16)14(17)13-10-12(3)18-11-13/h10-11H,4-9H2,1-3H3. The van der Waals surface area contributed by atoms with E-state index in [4.69, 9.17) is 0 Å². The van der Waals surface area contributed by atoms with E-state index in [1.54, 1.807) is 11.3 Å². The molecule has 0 aliphatic carbocycles. The van der Waals surface area contributed by atoms with Crippen LogP contribution >= 0.6 is 11.3 Å². The van der Waals surface area contributed by atoms with E-state index in [0.29, 0.717) is 5.78 Å². The Labute approximate surface area is 114 Å². The summed E-state index contributed by atoms with van der Waals surface area (Å²) in [6.45, 7) is 8.53. The van der Waals surface area contributed by atoms with Crippen molar-refractivity contribution in [1.82, 2.24) is 4.90 Å². The predicted octanol–water partition coefficient (Wildman–Crippen LogP) is 3.89. The van der Waals surface area contributed by atoms with Crippen LogP contribution < -0.4 is 0 Å². The van der Waals surface area contributed by atoms with Crippen molar-refractivity contribution in [1.29, 1.82) is 0 Å². The Morgan fingerprint density at radius 3 is 2.39 bits per heavy atom. The molecule has 2 nitrogen and oxygen atoms in total. The lowest BCUT2D eigenvalue weighted by Gasteiger charge is -2.39. The molecular formula is C15H23NOS. The van der Waals surface area contributed by atoms with Crippen LogP contribution in [0.4, 0.5) is 0 Å². The van der Waals surface area contributed by atoms with Crippen molar-refractivity contribution in [3.8, 4) is 0 Å². The molecule has 0 bridgehead atoms. The van der Waals surface area contributed by atoms with Crippen molar-refractivity contribution in [3.05, 3.63) is 21.9 Å². The lowest BCUT2D eigenvalue weighted by molar-refractivity contribution is 0.0582. The molecule has 0 amide bonds. The summed E-state index contributed by atoms with van der Waals surface area (Å²) in [5.74, 6) is 0.332. The molecule has 3 heteroatoms. The van der Waals surface area contributed by atoms with Gasteiger partial charge in [0.15, 0.2) is 5.78 Å². The van der Waals surface area contributed by atoms with Gasteiger partial charge in [-0.2, -0.15) is 0 Å². The number of rotatable bonds is 5. The highest BCUT2D eigenvalue weighted by Crippen LogP contribution is 2.32. The highest BCUT2D eigenvalue weighted by Gasteiger charge is 2.42. The van der Waals surface area contributed by atoms with Crippen LogP contribution in [0.5, 0.6) is 0 Å². The first kappa shape index (κ1) is 13.8. The maximum Gasteiger partial charge on any atom is 0.183 e. The Kier molecular flexibility index (Phi) is 4.23. The number of hydrogen-bond acceptors (Lipinski definition) is 3. The highest BCUT2D eigenvalue weighted by molar-refractivity contribution is 7.10. The van der Waals surface area contributed by atoms with Crippen molar-refractivity contribution >= 4 is 17.1 Å². The molecule has 100 valence electrons. The zero-order valence-electron chi connectivity index (χ0n) is 11.7. The van der Waals surface area contributed by atoms with Gasteiger partial charge < -0.3 is 0 Å². The fourth-order valence-electron chi connectivity index (χ4n) is 3.14. The Bertz CT molecular complexity index is 414. The highest BCUT2D eigenvalue weighted by atomic mass is 32.1. The van der Waals surface area contributed by atoms with Gasteiger partial charge >= 0.3 is 0 Å². The monoisotopic (exact) mass is 265 g/mol. The maximum absolute atomic E-state index is 12.9. The molecule has 2 rings (SSSR count). The molecule has 18 heavy (non-hydrogen) atoms. The van der Waals surface area contributed by atoms with Gasteiger partial charge in [0.1, 0.15) is 0 Å². The van der Waals surface area contributed by atoms with Crippen LogP contribution in [0.1, 0.15) is 54.8 Å². The van der Waals surface area contributed by atoms with Crippen LogP contribution in [0.15, 0.2) is 11.4 Å². The zero-order chi connectivity index (χ0) is 13.2. The molecule has 1 aromatic rings. The van der Waals surface area contributed by atoms with Gasteiger partial charge in [-0.25, -0.2) is 0 Å². The summed E-state index contributed by atoms with van der Waals surface area (Å²) in [5, 5.41) is 2.02. The second-order valence-electron chi connectivity index (χ2n) is 5.21. The third-order valence-electron chi connectivity index (χ3n) is 4.30. The second-order valence-corrected chi connectivity index (χ2v) is 6.32. The SMILES string of the molecule is CCC(CC)(C(=O)c1csc(C)c1)N1CCCC1. The van der Waals surface area contributed by atoms with E-state index in [0.717, 1.165) is 31.5 Å². The summed E-state index contributed by atoms with van der Waals surface area (Å²) in [7, 11) is 0. The lowest BCUT2D eigenvalue weighted by Crippen LogP contribution is -2.52. The lowest BCUT2D eigenvalue weighted by atomic mass is 9.83. The maximum atomic E-state index is 12.9. The number of hydrogen-bond donors (Lipinski definition) is 0. The largest absolute Gasteiger partial charge is 0.292 e. The van der Waals surface area contributed by atoms with Crippen LogP contribution in [-0.2, 0) is 0 Å². The first-order valence-electron chi connectivity index (χ1n) is 6.99. The zero-order valence-corrected chi connectivity index (χ0v) is 12.5. The molecule has 0 radical (unpaired) electrons. The van der Waals surface area contributed by atoms with Crippen LogP contribution in [0.2, 0.25) is 0 Å². The van der Waals surface area contributed by atoms with Gasteiger partial charge in [0, 0.05) is 15.8 Å². The summed E-state index contributed by atoms with van der Waals surface area (Å²) in [5.41, 5.74) is 0.650. The predicted molar refractivity (Wildman–Crippen MR) is 77.5 cm³/mol. The number of nitrogens with zero attached hydrogens (tertiary/aromatic N) is 1. The Balaban J connectivity index is 2.31. The summed E-state index contributed by atoms with van der Waals surface area (Å²) in [6, 6.07) is 2.04. The molecule has 1 aliphatic rings. The Hall–Kier alpha value is -0.670. The number of likely N-dealkylation sites (tertiary alicyclic amines) is 1. The van der Waals surface area contributed by atoms with Gasteiger partial charge in [0.2, 0.25) is 0 Å². The number of Topliss-reactive ketones (excluding diaryl/α,β-unsaturated/α-hetero) is 1. The van der Waals surface area contributed by atoms with Gasteiger partial charge in [-0.3, -0.25) is 9.69 Å². The molecule has 2 heterocycles. The minimum absolute atomic E-state index is 0.260. The number of ketones is 1. The van der Waals surface area contributed by atoms with E-state index in [9.17, 15) is 4.79 Å². The molecule has 1 aromatic heterocycles. The first-order chi connectivity index (χ1) is 8.64. The minimum atomic E-state index is -0.260. The van der Waals surface area contributed by atoms with Gasteiger partial charge in [-0.15, -0.1) is 11.3 Å². The smallest absolute Gasteiger partial charge is 0.183 e. The molecule has 0 spiro atoms. The first-order valence-corrected chi connectivity index (χ1v) is 7.87. The summed E-state index contributed by atoms with van der Waals surface area (Å²) in [6.07, 6.45) is 4.30. The quantitative estimate of drug-likeness (QED) is 0.753. The third kappa shape index (κ3) is 2.26. The number of carbonyl (C=O) groups is 1. The molecular weight excluding hydrogens is 242 g/mol. The van der Waals surface area contributed by atoms with Crippen molar-refractivity contribution in [3.63, 3.8) is 0 Å². The van der Waals surface area contributed by atoms with Crippen LogP contribution in [0, 0.1) is 6.92 Å². The van der Waals surface area contributed by atoms with E-state index < -0.39 is 0 Å². The summed E-state index contributed by atoms with van der Waals surface area (Å²) < 4.78 is 0. The Morgan fingerprint density at radius 2 is 1.94 bits per heavy atom. The topological polar surface area (TPSA) is 20.3 Å². The van der Waals surface area contributed by atoms with Crippen molar-refractivity contribution in [2.45, 2.75) is 52.0 Å². The molecule has 1 saturated heterocycles. The summed E-state index contributed by atoms with van der Waals surface area (Å²) in [4.78, 5) is 16.5. The minimum Gasteiger partial charge on any atom is -0.292 e. The Morgan fingerprint density at radius 1 is 1.33 bits per heavy atom. The number of carbonyl (C=O) groups excluding carboxylic acids is 1. The number of aryl methyl sites for hydroxylation is 1. The van der Waals surface area contributed by atoms with E-state index in [1.807, 2.05) is 11.4 Å². The van der Waals surface area contributed by atoms with Crippen molar-refractivity contribution in [2.24, 2.45) is 0 Å². The molecule has 1 aliphatic heterocycles. The fraction of sp³-hybridized carbons (Fsp3) is 0.667. The molecule has 1 fully saturated rings. The van der Waals surface area contributed by atoms with Crippen LogP contribution in [0.25, 0.3) is 0 Å². The van der Waals surface area contributed by atoms with E-state index >= 15 is 0 Å². The number of thiophene rings is 1. The molecule has 0 unspecified atom stereocenters. The molecule has 0 saturated carbocycles. The normalized spacial score (nSPS) is 17.3. The second kappa shape index (κ2) is 5.54. The van der Waals surface area contributed by atoms with Crippen molar-refractivity contribution < 1.29 is 4.79 Å². The van der Waals surface area contributed by atoms with Crippen LogP contribution in [-0.4, -0.2) is 29.3 Å². The van der Waals surface area contributed by atoms with Crippen molar-refractivity contribution in [2.75, 3.05) is 13.1 Å². The van der Waals surface area contributed by atoms with Gasteiger partial charge in [0.25, 0.3) is 0 Å². The molecule has 0 aromatic carbocycles. The molecule has 0 N–H and O–H groups in total. The van der Waals surface area contributed by atoms with Gasteiger partial charge in [0.05, 0.1) is 5.54 Å². The van der Waals surface area contributed by atoms with Crippen LogP contribution in [0.3, 0.4) is 0 Å². The van der Waals surface area contributed by atoms with E-state index in [1.165, 1.54) is 17.7 Å². The molecule has 0 atom stereocenters. The van der Waals surface area contributed by atoms with Gasteiger partial charge in [-0.1, -0.05) is 13.8 Å².